The number of amides is 1. The zero-order valence-corrected chi connectivity index (χ0v) is 16.8. The van der Waals surface area contributed by atoms with Crippen molar-refractivity contribution in [3.8, 4) is 11.3 Å². The zero-order chi connectivity index (χ0) is 19.6. The highest BCUT2D eigenvalue weighted by molar-refractivity contribution is 9.10. The molecule has 6 nitrogen and oxygen atoms in total. The van der Waals surface area contributed by atoms with E-state index in [0.29, 0.717) is 10.8 Å². The van der Waals surface area contributed by atoms with Crippen LogP contribution in [0, 0.1) is 0 Å². The van der Waals surface area contributed by atoms with Crippen LogP contribution in [0.25, 0.3) is 11.3 Å². The summed E-state index contributed by atoms with van der Waals surface area (Å²) in [7, 11) is 1.20. The largest absolute Gasteiger partial charge is 0.451 e. The van der Waals surface area contributed by atoms with Crippen molar-refractivity contribution >= 4 is 50.1 Å². The van der Waals surface area contributed by atoms with E-state index in [4.69, 9.17) is 0 Å². The van der Waals surface area contributed by atoms with E-state index in [2.05, 4.69) is 36.4 Å². The van der Waals surface area contributed by atoms with Crippen molar-refractivity contribution in [3.63, 3.8) is 0 Å². The third kappa shape index (κ3) is 4.87. The number of halogens is 4. The number of thiazole rings is 1. The van der Waals surface area contributed by atoms with Gasteiger partial charge >= 0.3 is 6.18 Å². The Balaban J connectivity index is 1.60. The average molecular weight is 478 g/mol. The maximum atomic E-state index is 12.7. The van der Waals surface area contributed by atoms with Crippen molar-refractivity contribution in [1.82, 2.24) is 19.7 Å². The summed E-state index contributed by atoms with van der Waals surface area (Å²) in [4.78, 5) is 16.4. The minimum Gasteiger partial charge on any atom is -0.302 e. The first-order valence-corrected chi connectivity index (χ1v) is 10.0. The first kappa shape index (κ1) is 19.8. The van der Waals surface area contributed by atoms with E-state index in [1.54, 1.807) is 0 Å². The Morgan fingerprint density at radius 2 is 2.15 bits per heavy atom. The Bertz CT molecular complexity index is 973. The number of aromatic nitrogens is 4. The van der Waals surface area contributed by atoms with Crippen LogP contribution in [0.15, 0.2) is 39.3 Å². The average Bonchev–Trinajstić information content (AvgIpc) is 3.19. The van der Waals surface area contributed by atoms with Crippen LogP contribution >= 0.6 is 39.0 Å². The molecule has 0 atom stereocenters. The van der Waals surface area contributed by atoms with E-state index in [9.17, 15) is 18.0 Å². The molecule has 0 spiro atoms. The second-order valence-electron chi connectivity index (χ2n) is 5.25. The molecule has 142 valence electrons. The monoisotopic (exact) mass is 477 g/mol. The summed E-state index contributed by atoms with van der Waals surface area (Å²) < 4.78 is 39.8. The van der Waals surface area contributed by atoms with E-state index in [-0.39, 0.29) is 10.9 Å². The van der Waals surface area contributed by atoms with Crippen molar-refractivity contribution in [2.45, 2.75) is 11.3 Å². The summed E-state index contributed by atoms with van der Waals surface area (Å²) >= 11 is 5.51. The molecule has 0 bridgehead atoms. The normalized spacial score (nSPS) is 11.6. The zero-order valence-electron chi connectivity index (χ0n) is 13.6. The van der Waals surface area contributed by atoms with Crippen LogP contribution < -0.4 is 5.32 Å². The first-order valence-electron chi connectivity index (χ1n) is 7.35. The van der Waals surface area contributed by atoms with Crippen LogP contribution in [-0.4, -0.2) is 31.4 Å². The molecule has 2 aromatic heterocycles. The van der Waals surface area contributed by atoms with Gasteiger partial charge < -0.3 is 9.88 Å². The second-order valence-corrected chi connectivity index (χ2v) is 7.96. The van der Waals surface area contributed by atoms with Crippen LogP contribution in [0.5, 0.6) is 0 Å². The number of benzene rings is 1. The van der Waals surface area contributed by atoms with Gasteiger partial charge in [0.25, 0.3) is 0 Å². The van der Waals surface area contributed by atoms with Crippen molar-refractivity contribution in [2.24, 2.45) is 7.05 Å². The lowest BCUT2D eigenvalue weighted by Gasteiger charge is -2.06. The van der Waals surface area contributed by atoms with Crippen molar-refractivity contribution < 1.29 is 18.0 Å². The van der Waals surface area contributed by atoms with E-state index < -0.39 is 17.9 Å². The highest BCUT2D eigenvalue weighted by Gasteiger charge is 2.37. The Labute approximate surface area is 168 Å². The molecule has 3 aromatic rings. The fraction of sp³-hybridized carbons (Fsp3) is 0.200. The molecule has 0 saturated heterocycles. The summed E-state index contributed by atoms with van der Waals surface area (Å²) in [6, 6.07) is 7.58. The maximum absolute atomic E-state index is 12.7. The van der Waals surface area contributed by atoms with E-state index in [0.717, 1.165) is 26.4 Å². The van der Waals surface area contributed by atoms with Gasteiger partial charge in [-0.3, -0.25) is 4.79 Å². The molecule has 0 aliphatic heterocycles. The smallest absolute Gasteiger partial charge is 0.302 e. The maximum Gasteiger partial charge on any atom is 0.451 e. The van der Waals surface area contributed by atoms with Crippen LogP contribution in [0.4, 0.5) is 18.3 Å². The van der Waals surface area contributed by atoms with Crippen LogP contribution in [-0.2, 0) is 18.0 Å². The number of anilines is 1. The van der Waals surface area contributed by atoms with E-state index in [1.807, 2.05) is 29.6 Å². The van der Waals surface area contributed by atoms with Gasteiger partial charge in [-0.25, -0.2) is 4.98 Å². The summed E-state index contributed by atoms with van der Waals surface area (Å²) in [5.41, 5.74) is 1.61. The van der Waals surface area contributed by atoms with Gasteiger partial charge in [0.1, 0.15) is 0 Å². The summed E-state index contributed by atoms with van der Waals surface area (Å²) in [5, 5.41) is 11.4. The molecular formula is C15H11BrF3N5OS2. The van der Waals surface area contributed by atoms with Crippen molar-refractivity contribution in [1.29, 1.82) is 0 Å². The van der Waals surface area contributed by atoms with Gasteiger partial charge in [-0.05, 0) is 12.1 Å². The number of carbonyl (C=O) groups is 1. The number of thioether (sulfide) groups is 1. The third-order valence-corrected chi connectivity index (χ3v) is 5.56. The van der Waals surface area contributed by atoms with Gasteiger partial charge in [-0.1, -0.05) is 39.8 Å². The second kappa shape index (κ2) is 7.98. The van der Waals surface area contributed by atoms with Gasteiger partial charge in [0.05, 0.1) is 11.4 Å². The highest BCUT2D eigenvalue weighted by Crippen LogP contribution is 2.30. The molecule has 3 rings (SSSR count). The predicted molar refractivity (Wildman–Crippen MR) is 101 cm³/mol. The van der Waals surface area contributed by atoms with Gasteiger partial charge in [0, 0.05) is 22.5 Å². The van der Waals surface area contributed by atoms with E-state index >= 15 is 0 Å². The molecule has 1 N–H and O–H groups in total. The van der Waals surface area contributed by atoms with Gasteiger partial charge in [-0.15, -0.1) is 21.5 Å². The summed E-state index contributed by atoms with van der Waals surface area (Å²) in [6.45, 7) is 0. The third-order valence-electron chi connectivity index (χ3n) is 3.29. The van der Waals surface area contributed by atoms with Crippen molar-refractivity contribution in [3.05, 3.63) is 39.9 Å². The van der Waals surface area contributed by atoms with Crippen LogP contribution in [0.2, 0.25) is 0 Å². The molecule has 27 heavy (non-hydrogen) atoms. The number of alkyl halides is 3. The lowest BCUT2D eigenvalue weighted by Crippen LogP contribution is -2.15. The highest BCUT2D eigenvalue weighted by atomic mass is 79.9. The Kier molecular flexibility index (Phi) is 5.86. The van der Waals surface area contributed by atoms with Gasteiger partial charge in [-0.2, -0.15) is 13.2 Å². The Hall–Kier alpha value is -1.92. The molecule has 1 amide bonds. The van der Waals surface area contributed by atoms with Gasteiger partial charge in [0.2, 0.25) is 11.7 Å². The number of hydrogen-bond acceptors (Lipinski definition) is 6. The topological polar surface area (TPSA) is 72.7 Å². The number of rotatable bonds is 5. The molecule has 0 unspecified atom stereocenters. The molecule has 1 aromatic carbocycles. The molecule has 12 heteroatoms. The standard InChI is InChI=1S/C15H11BrF3N5OS2/c1-24-12(15(17,18)19)22-23-14(24)27-7-11(25)21-13-20-10(6-26-13)8-3-2-4-9(16)5-8/h2-6H,7H2,1H3,(H,20,21,25). The minimum atomic E-state index is -4.59. The SMILES string of the molecule is Cn1c(SCC(=O)Nc2nc(-c3cccc(Br)c3)cs2)nnc1C(F)(F)F. The van der Waals surface area contributed by atoms with E-state index in [1.165, 1.54) is 18.4 Å². The molecule has 0 saturated carbocycles. The van der Waals surface area contributed by atoms with Crippen LogP contribution in [0.3, 0.4) is 0 Å². The molecule has 0 radical (unpaired) electrons. The lowest BCUT2D eigenvalue weighted by molar-refractivity contribution is -0.147. The molecular weight excluding hydrogens is 467 g/mol. The first-order chi connectivity index (χ1) is 12.7. The van der Waals surface area contributed by atoms with Gasteiger partial charge in [0.15, 0.2) is 10.3 Å². The number of nitrogens with one attached hydrogen (secondary N) is 1. The quantitative estimate of drug-likeness (QED) is 0.549. The van der Waals surface area contributed by atoms with Crippen molar-refractivity contribution in [2.75, 3.05) is 11.1 Å². The minimum absolute atomic E-state index is 0.00596. The Morgan fingerprint density at radius 1 is 1.37 bits per heavy atom. The number of hydrogen-bond donors (Lipinski definition) is 1. The fourth-order valence-electron chi connectivity index (χ4n) is 2.08. The summed E-state index contributed by atoms with van der Waals surface area (Å²) in [6.07, 6.45) is -4.59. The molecule has 0 aliphatic carbocycles. The number of nitrogens with zero attached hydrogens (tertiary/aromatic N) is 4. The fourth-order valence-corrected chi connectivity index (χ4v) is 3.93. The summed E-state index contributed by atoms with van der Waals surface area (Å²) in [5.74, 6) is -1.62. The molecule has 0 fully saturated rings. The van der Waals surface area contributed by atoms with Crippen LogP contribution in [0.1, 0.15) is 5.82 Å². The molecule has 2 heterocycles. The molecule has 0 aliphatic rings. The predicted octanol–water partition coefficient (Wildman–Crippen LogP) is 4.45. The Morgan fingerprint density at radius 3 is 2.81 bits per heavy atom. The lowest BCUT2D eigenvalue weighted by atomic mass is 10.2. The number of carbonyl (C=O) groups excluding carboxylic acids is 1.